The quantitative estimate of drug-likeness (QED) is 0.796. The van der Waals surface area contributed by atoms with Gasteiger partial charge >= 0.3 is 0 Å². The molecule has 0 aromatic carbocycles. The lowest BCUT2D eigenvalue weighted by molar-refractivity contribution is 0.622. The standard InChI is InChI=1S/C12H21N3/c1-8(2)6-11-14-9(3)12(15-11)10-4-5-13-7-10/h8,10,13H,4-7H2,1-3H3,(H,14,15). The van der Waals surface area contributed by atoms with Crippen LogP contribution >= 0.6 is 0 Å². The van der Waals surface area contributed by atoms with Crippen molar-refractivity contribution in [3.05, 3.63) is 17.2 Å². The maximum atomic E-state index is 4.74. The van der Waals surface area contributed by atoms with Gasteiger partial charge in [0.2, 0.25) is 0 Å². The van der Waals surface area contributed by atoms with Crippen LogP contribution in [0, 0.1) is 12.8 Å². The van der Waals surface area contributed by atoms with E-state index in [-0.39, 0.29) is 0 Å². The lowest BCUT2D eigenvalue weighted by Gasteiger charge is -2.04. The molecule has 1 aliphatic heterocycles. The highest BCUT2D eigenvalue weighted by Crippen LogP contribution is 2.23. The summed E-state index contributed by atoms with van der Waals surface area (Å²) < 4.78 is 0. The van der Waals surface area contributed by atoms with Crippen LogP contribution in [0.1, 0.15) is 43.4 Å². The van der Waals surface area contributed by atoms with E-state index in [9.17, 15) is 0 Å². The third kappa shape index (κ3) is 2.40. The van der Waals surface area contributed by atoms with Gasteiger partial charge in [0, 0.05) is 24.6 Å². The zero-order valence-electron chi connectivity index (χ0n) is 9.93. The average Bonchev–Trinajstić information content (AvgIpc) is 2.72. The van der Waals surface area contributed by atoms with E-state index in [1.165, 1.54) is 17.8 Å². The summed E-state index contributed by atoms with van der Waals surface area (Å²) in [7, 11) is 0. The van der Waals surface area contributed by atoms with E-state index >= 15 is 0 Å². The Labute approximate surface area is 91.7 Å². The van der Waals surface area contributed by atoms with Crippen LogP contribution in [-0.4, -0.2) is 23.1 Å². The van der Waals surface area contributed by atoms with Gasteiger partial charge in [-0.25, -0.2) is 4.98 Å². The van der Waals surface area contributed by atoms with Crippen LogP contribution in [0.5, 0.6) is 0 Å². The maximum absolute atomic E-state index is 4.74. The zero-order valence-corrected chi connectivity index (χ0v) is 9.93. The van der Waals surface area contributed by atoms with Gasteiger partial charge in [-0.05, 0) is 25.8 Å². The van der Waals surface area contributed by atoms with Crippen molar-refractivity contribution in [1.82, 2.24) is 15.3 Å². The van der Waals surface area contributed by atoms with Gasteiger partial charge in [-0.2, -0.15) is 0 Å². The minimum absolute atomic E-state index is 0.627. The highest BCUT2D eigenvalue weighted by molar-refractivity contribution is 5.19. The number of imidazole rings is 1. The summed E-state index contributed by atoms with van der Waals surface area (Å²) in [5.41, 5.74) is 2.55. The normalized spacial score (nSPS) is 21.5. The molecule has 1 aromatic rings. The molecule has 0 spiro atoms. The first-order valence-corrected chi connectivity index (χ1v) is 5.93. The van der Waals surface area contributed by atoms with E-state index in [0.717, 1.165) is 25.3 Å². The number of rotatable bonds is 3. The molecule has 2 heterocycles. The second-order valence-corrected chi connectivity index (χ2v) is 4.98. The number of nitrogens with zero attached hydrogens (tertiary/aromatic N) is 1. The SMILES string of the molecule is Cc1[nH]c(CC(C)C)nc1C1CCNC1. The molecule has 1 saturated heterocycles. The largest absolute Gasteiger partial charge is 0.346 e. The van der Waals surface area contributed by atoms with Crippen molar-refractivity contribution in [1.29, 1.82) is 0 Å². The molecule has 3 heteroatoms. The Morgan fingerprint density at radius 3 is 2.87 bits per heavy atom. The molecule has 84 valence electrons. The van der Waals surface area contributed by atoms with Crippen LogP contribution in [0.4, 0.5) is 0 Å². The average molecular weight is 207 g/mol. The fourth-order valence-corrected chi connectivity index (χ4v) is 2.31. The molecule has 2 rings (SSSR count). The monoisotopic (exact) mass is 207 g/mol. The van der Waals surface area contributed by atoms with Crippen LogP contribution in [0.15, 0.2) is 0 Å². The minimum Gasteiger partial charge on any atom is -0.346 e. The van der Waals surface area contributed by atoms with Crippen molar-refractivity contribution in [3.8, 4) is 0 Å². The Morgan fingerprint density at radius 1 is 1.47 bits per heavy atom. The van der Waals surface area contributed by atoms with Crippen molar-refractivity contribution in [2.45, 2.75) is 39.5 Å². The molecular weight excluding hydrogens is 186 g/mol. The molecule has 1 unspecified atom stereocenters. The maximum Gasteiger partial charge on any atom is 0.106 e. The van der Waals surface area contributed by atoms with Crippen LogP contribution in [-0.2, 0) is 6.42 Å². The number of H-pyrrole nitrogens is 1. The first-order chi connectivity index (χ1) is 7.16. The highest BCUT2D eigenvalue weighted by Gasteiger charge is 2.21. The Bertz CT molecular complexity index is 322. The molecule has 1 atom stereocenters. The molecule has 15 heavy (non-hydrogen) atoms. The van der Waals surface area contributed by atoms with E-state index in [1.54, 1.807) is 0 Å². The summed E-state index contributed by atoms with van der Waals surface area (Å²) in [6.07, 6.45) is 2.29. The zero-order chi connectivity index (χ0) is 10.8. The minimum atomic E-state index is 0.627. The Balaban J connectivity index is 2.13. The summed E-state index contributed by atoms with van der Waals surface area (Å²) in [5.74, 6) is 2.46. The highest BCUT2D eigenvalue weighted by atomic mass is 15.0. The first-order valence-electron chi connectivity index (χ1n) is 5.93. The van der Waals surface area contributed by atoms with Crippen molar-refractivity contribution in [3.63, 3.8) is 0 Å². The van der Waals surface area contributed by atoms with E-state index in [4.69, 9.17) is 4.98 Å². The Morgan fingerprint density at radius 2 is 2.27 bits per heavy atom. The molecule has 0 radical (unpaired) electrons. The molecular formula is C12H21N3. The Kier molecular flexibility index (Phi) is 3.10. The third-order valence-electron chi connectivity index (χ3n) is 3.02. The van der Waals surface area contributed by atoms with E-state index in [0.29, 0.717) is 11.8 Å². The van der Waals surface area contributed by atoms with Gasteiger partial charge in [-0.15, -0.1) is 0 Å². The van der Waals surface area contributed by atoms with Crippen LogP contribution in [0.2, 0.25) is 0 Å². The third-order valence-corrected chi connectivity index (χ3v) is 3.02. The fraction of sp³-hybridized carbons (Fsp3) is 0.750. The van der Waals surface area contributed by atoms with E-state index < -0.39 is 0 Å². The molecule has 0 bridgehead atoms. The van der Waals surface area contributed by atoms with E-state index in [2.05, 4.69) is 31.1 Å². The predicted octanol–water partition coefficient (Wildman–Crippen LogP) is 1.99. The smallest absolute Gasteiger partial charge is 0.106 e. The van der Waals surface area contributed by atoms with Crippen LogP contribution in [0.25, 0.3) is 0 Å². The van der Waals surface area contributed by atoms with Gasteiger partial charge in [0.05, 0.1) is 5.69 Å². The van der Waals surface area contributed by atoms with Crippen molar-refractivity contribution < 1.29 is 0 Å². The summed E-state index contributed by atoms with van der Waals surface area (Å²) in [6.45, 7) is 8.83. The first kappa shape index (κ1) is 10.7. The second kappa shape index (κ2) is 4.35. The number of nitrogens with one attached hydrogen (secondary N) is 2. The number of aromatic amines is 1. The lowest BCUT2D eigenvalue weighted by Crippen LogP contribution is -2.08. The fourth-order valence-electron chi connectivity index (χ4n) is 2.31. The van der Waals surface area contributed by atoms with E-state index in [1.807, 2.05) is 0 Å². The molecule has 2 N–H and O–H groups in total. The van der Waals surface area contributed by atoms with Gasteiger partial charge in [-0.1, -0.05) is 13.8 Å². The molecule has 3 nitrogen and oxygen atoms in total. The Hall–Kier alpha value is -0.830. The topological polar surface area (TPSA) is 40.7 Å². The van der Waals surface area contributed by atoms with Gasteiger partial charge in [0.25, 0.3) is 0 Å². The molecule has 0 saturated carbocycles. The number of hydrogen-bond donors (Lipinski definition) is 2. The number of aromatic nitrogens is 2. The van der Waals surface area contributed by atoms with Crippen LogP contribution < -0.4 is 5.32 Å². The number of aryl methyl sites for hydroxylation is 1. The van der Waals surface area contributed by atoms with Gasteiger partial charge in [0.1, 0.15) is 5.82 Å². The lowest BCUT2D eigenvalue weighted by atomic mass is 10.0. The molecule has 0 amide bonds. The van der Waals surface area contributed by atoms with Gasteiger partial charge < -0.3 is 10.3 Å². The summed E-state index contributed by atoms with van der Waals surface area (Å²) in [6, 6.07) is 0. The van der Waals surface area contributed by atoms with Crippen molar-refractivity contribution >= 4 is 0 Å². The molecule has 1 aliphatic rings. The molecule has 1 aromatic heterocycles. The van der Waals surface area contributed by atoms with Gasteiger partial charge in [-0.3, -0.25) is 0 Å². The van der Waals surface area contributed by atoms with Crippen molar-refractivity contribution in [2.75, 3.05) is 13.1 Å². The van der Waals surface area contributed by atoms with Gasteiger partial charge in [0.15, 0.2) is 0 Å². The predicted molar refractivity (Wildman–Crippen MR) is 62.1 cm³/mol. The van der Waals surface area contributed by atoms with Crippen LogP contribution in [0.3, 0.4) is 0 Å². The molecule has 0 aliphatic carbocycles. The summed E-state index contributed by atoms with van der Waals surface area (Å²) >= 11 is 0. The number of hydrogen-bond acceptors (Lipinski definition) is 2. The summed E-state index contributed by atoms with van der Waals surface area (Å²) in [4.78, 5) is 8.15. The second-order valence-electron chi connectivity index (χ2n) is 4.98. The van der Waals surface area contributed by atoms with Crippen molar-refractivity contribution in [2.24, 2.45) is 5.92 Å². The summed E-state index contributed by atoms with van der Waals surface area (Å²) in [5, 5.41) is 3.39. The molecule has 1 fully saturated rings.